The number of hydrogen-bond acceptors (Lipinski definition) is 5. The number of benzene rings is 2. The summed E-state index contributed by atoms with van der Waals surface area (Å²) in [6.45, 7) is 4.56. The molecule has 7 heteroatoms. The van der Waals surface area contributed by atoms with Gasteiger partial charge in [0.05, 0.1) is 11.5 Å². The van der Waals surface area contributed by atoms with Crippen LogP contribution in [0.2, 0.25) is 0 Å². The summed E-state index contributed by atoms with van der Waals surface area (Å²) in [5, 5.41) is 1.13. The first-order chi connectivity index (χ1) is 14.0. The number of nitrogens with zero attached hydrogens (tertiary/aromatic N) is 1. The van der Waals surface area contributed by atoms with Gasteiger partial charge in [-0.3, -0.25) is 15.0 Å². The van der Waals surface area contributed by atoms with Crippen LogP contribution < -0.4 is 10.2 Å². The fourth-order valence-electron chi connectivity index (χ4n) is 2.75. The molecule has 0 aromatic heterocycles. The van der Waals surface area contributed by atoms with Gasteiger partial charge in [0.2, 0.25) is 0 Å². The Hall–Kier alpha value is -2.64. The maximum Gasteiger partial charge on any atom is 0.285 e. The van der Waals surface area contributed by atoms with Crippen LogP contribution in [0.15, 0.2) is 53.4 Å². The summed E-state index contributed by atoms with van der Waals surface area (Å²) in [6, 6.07) is 14.7. The number of nitrogens with one attached hydrogen (secondary N) is 1. The minimum absolute atomic E-state index is 0.285. The summed E-state index contributed by atoms with van der Waals surface area (Å²) in [4.78, 5) is 25.8. The Kier molecular flexibility index (Phi) is 7.06. The van der Waals surface area contributed by atoms with E-state index in [2.05, 4.69) is 12.3 Å². The topological polar surface area (TPSA) is 58.6 Å². The quantitative estimate of drug-likeness (QED) is 0.394. The summed E-state index contributed by atoms with van der Waals surface area (Å²) in [5.74, 6) is -0.00981. The van der Waals surface area contributed by atoms with E-state index in [9.17, 15) is 9.59 Å². The van der Waals surface area contributed by atoms with Gasteiger partial charge in [-0.05, 0) is 49.3 Å². The molecule has 0 spiro atoms. The lowest BCUT2D eigenvalue weighted by Gasteiger charge is -2.16. The molecule has 2 aromatic carbocycles. The Morgan fingerprint density at radius 2 is 1.93 bits per heavy atom. The van der Waals surface area contributed by atoms with Gasteiger partial charge in [-0.1, -0.05) is 61.5 Å². The van der Waals surface area contributed by atoms with Crippen molar-refractivity contribution in [3.8, 4) is 5.75 Å². The van der Waals surface area contributed by atoms with Gasteiger partial charge in [-0.25, -0.2) is 0 Å². The molecule has 2 aromatic rings. The monoisotopic (exact) mass is 426 g/mol. The van der Waals surface area contributed by atoms with Crippen LogP contribution in [0.1, 0.15) is 41.3 Å². The molecule has 5 nitrogen and oxygen atoms in total. The highest BCUT2D eigenvalue weighted by molar-refractivity contribution is 8.26. The molecule has 0 unspecified atom stereocenters. The zero-order valence-corrected chi connectivity index (χ0v) is 17.9. The molecule has 29 heavy (non-hydrogen) atoms. The second kappa shape index (κ2) is 9.71. The van der Waals surface area contributed by atoms with Crippen LogP contribution in [-0.2, 0) is 4.79 Å². The van der Waals surface area contributed by atoms with Gasteiger partial charge in [-0.15, -0.1) is 0 Å². The molecule has 3 rings (SSSR count). The third-order valence-electron chi connectivity index (χ3n) is 4.36. The van der Waals surface area contributed by atoms with Crippen molar-refractivity contribution in [1.29, 1.82) is 0 Å². The molecule has 0 aliphatic carbocycles. The second-order valence-electron chi connectivity index (χ2n) is 6.51. The van der Waals surface area contributed by atoms with Gasteiger partial charge in [-0.2, -0.15) is 5.01 Å². The van der Waals surface area contributed by atoms with Crippen molar-refractivity contribution in [2.24, 2.45) is 0 Å². The van der Waals surface area contributed by atoms with E-state index in [4.69, 9.17) is 17.0 Å². The summed E-state index contributed by atoms with van der Waals surface area (Å²) in [5.41, 5.74) is 4.74. The van der Waals surface area contributed by atoms with E-state index in [1.807, 2.05) is 43.3 Å². The van der Waals surface area contributed by atoms with Crippen molar-refractivity contribution in [3.05, 3.63) is 70.1 Å². The van der Waals surface area contributed by atoms with E-state index in [0.29, 0.717) is 17.1 Å². The first-order valence-corrected chi connectivity index (χ1v) is 10.6. The Balaban J connectivity index is 1.77. The molecule has 0 bridgehead atoms. The third kappa shape index (κ3) is 5.05. The van der Waals surface area contributed by atoms with Crippen LogP contribution in [0.25, 0.3) is 6.08 Å². The maximum atomic E-state index is 12.8. The molecule has 1 heterocycles. The lowest BCUT2D eigenvalue weighted by molar-refractivity contribution is -0.123. The predicted octanol–water partition coefficient (Wildman–Crippen LogP) is 4.72. The van der Waals surface area contributed by atoms with Crippen molar-refractivity contribution in [2.75, 3.05) is 6.61 Å². The summed E-state index contributed by atoms with van der Waals surface area (Å²) >= 11 is 6.47. The van der Waals surface area contributed by atoms with Crippen LogP contribution in [0.4, 0.5) is 0 Å². The van der Waals surface area contributed by atoms with E-state index in [-0.39, 0.29) is 16.1 Å². The van der Waals surface area contributed by atoms with Gasteiger partial charge in [0.1, 0.15) is 5.75 Å². The molecular weight excluding hydrogens is 404 g/mol. The Labute approximate surface area is 180 Å². The lowest BCUT2D eigenvalue weighted by Crippen LogP contribution is -2.45. The van der Waals surface area contributed by atoms with Crippen LogP contribution in [0, 0.1) is 6.92 Å². The third-order valence-corrected chi connectivity index (χ3v) is 5.66. The largest absolute Gasteiger partial charge is 0.493 e. The molecule has 1 aliphatic heterocycles. The maximum absolute atomic E-state index is 12.8. The first kappa shape index (κ1) is 21.1. The zero-order chi connectivity index (χ0) is 20.8. The molecule has 150 valence electrons. The van der Waals surface area contributed by atoms with Crippen molar-refractivity contribution in [3.63, 3.8) is 0 Å². The normalized spacial score (nSPS) is 15.1. The van der Waals surface area contributed by atoms with Crippen LogP contribution in [0.3, 0.4) is 0 Å². The van der Waals surface area contributed by atoms with Gasteiger partial charge in [0.15, 0.2) is 4.32 Å². The highest BCUT2D eigenvalue weighted by Crippen LogP contribution is 2.33. The predicted molar refractivity (Wildman–Crippen MR) is 121 cm³/mol. The molecule has 1 saturated heterocycles. The SMILES string of the molecule is CCCCOc1ccccc1/C=C1/SC(=S)N(NC(=O)c2ccccc2C)C1=O. The zero-order valence-electron chi connectivity index (χ0n) is 16.3. The molecule has 1 aliphatic rings. The Bertz CT molecular complexity index is 972. The standard InChI is InChI=1S/C22H22N2O3S2/c1-3-4-13-27-18-12-8-6-10-16(18)14-19-21(26)24(22(28)29-19)23-20(25)17-11-7-5-9-15(17)2/h5-12,14H,3-4,13H2,1-2H3,(H,23,25)/b19-14+. The van der Waals surface area contributed by atoms with E-state index in [0.717, 1.165) is 46.5 Å². The average Bonchev–Trinajstić information content (AvgIpc) is 2.97. The van der Waals surface area contributed by atoms with E-state index < -0.39 is 0 Å². The molecule has 1 fully saturated rings. The summed E-state index contributed by atoms with van der Waals surface area (Å²) in [6.07, 6.45) is 3.75. The summed E-state index contributed by atoms with van der Waals surface area (Å²) in [7, 11) is 0. The van der Waals surface area contributed by atoms with E-state index >= 15 is 0 Å². The number of amides is 2. The van der Waals surface area contributed by atoms with Crippen molar-refractivity contribution < 1.29 is 14.3 Å². The molecule has 0 atom stereocenters. The minimum Gasteiger partial charge on any atom is -0.493 e. The number of ether oxygens (including phenoxy) is 1. The summed E-state index contributed by atoms with van der Waals surface area (Å²) < 4.78 is 6.12. The van der Waals surface area contributed by atoms with Crippen molar-refractivity contribution >= 4 is 46.2 Å². The van der Waals surface area contributed by atoms with Crippen molar-refractivity contribution in [2.45, 2.75) is 26.7 Å². The molecule has 0 radical (unpaired) electrons. The lowest BCUT2D eigenvalue weighted by atomic mass is 10.1. The Morgan fingerprint density at radius 1 is 1.21 bits per heavy atom. The number of aryl methyl sites for hydroxylation is 1. The number of thiocarbonyl (C=S) groups is 1. The highest BCUT2D eigenvalue weighted by atomic mass is 32.2. The molecule has 2 amide bonds. The van der Waals surface area contributed by atoms with Crippen LogP contribution in [-0.4, -0.2) is 27.8 Å². The second-order valence-corrected chi connectivity index (χ2v) is 8.19. The minimum atomic E-state index is -0.371. The Morgan fingerprint density at radius 3 is 2.69 bits per heavy atom. The number of thioether (sulfide) groups is 1. The van der Waals surface area contributed by atoms with Gasteiger partial charge in [0.25, 0.3) is 11.8 Å². The van der Waals surface area contributed by atoms with Crippen molar-refractivity contribution in [1.82, 2.24) is 10.4 Å². The molecular formula is C22H22N2O3S2. The smallest absolute Gasteiger partial charge is 0.285 e. The number of carbonyl (C=O) groups excluding carboxylic acids is 2. The number of unbranched alkanes of at least 4 members (excludes halogenated alkanes) is 1. The highest BCUT2D eigenvalue weighted by Gasteiger charge is 2.34. The van der Waals surface area contributed by atoms with Crippen LogP contribution in [0.5, 0.6) is 5.75 Å². The van der Waals surface area contributed by atoms with Gasteiger partial charge in [0, 0.05) is 11.1 Å². The molecule has 1 N–H and O–H groups in total. The fourth-order valence-corrected chi connectivity index (χ4v) is 3.92. The number of rotatable bonds is 7. The van der Waals surface area contributed by atoms with Crippen LogP contribution >= 0.6 is 24.0 Å². The van der Waals surface area contributed by atoms with E-state index in [1.54, 1.807) is 18.2 Å². The van der Waals surface area contributed by atoms with E-state index in [1.165, 1.54) is 0 Å². The van der Waals surface area contributed by atoms with Gasteiger partial charge < -0.3 is 4.74 Å². The number of hydrazine groups is 1. The average molecular weight is 427 g/mol. The first-order valence-electron chi connectivity index (χ1n) is 9.37. The van der Waals surface area contributed by atoms with Gasteiger partial charge >= 0.3 is 0 Å². The number of carbonyl (C=O) groups is 2. The fraction of sp³-hybridized carbons (Fsp3) is 0.227. The number of hydrogen-bond donors (Lipinski definition) is 1. The number of para-hydroxylation sites is 1. The molecule has 0 saturated carbocycles.